The first-order valence-corrected chi connectivity index (χ1v) is 7.45. The van der Waals surface area contributed by atoms with Crippen molar-refractivity contribution < 1.29 is 9.47 Å². The van der Waals surface area contributed by atoms with Gasteiger partial charge < -0.3 is 9.47 Å². The van der Waals surface area contributed by atoms with Gasteiger partial charge in [-0.25, -0.2) is 0 Å². The van der Waals surface area contributed by atoms with Crippen LogP contribution in [0.4, 0.5) is 0 Å². The highest BCUT2D eigenvalue weighted by molar-refractivity contribution is 5.57. The Hall–Kier alpha value is -2.10. The van der Waals surface area contributed by atoms with E-state index in [0.29, 0.717) is 11.3 Å². The molecular formula is C17H16O4. The van der Waals surface area contributed by atoms with E-state index in [2.05, 4.69) is 13.0 Å². The van der Waals surface area contributed by atoms with Gasteiger partial charge in [-0.2, -0.15) is 0 Å². The summed E-state index contributed by atoms with van der Waals surface area (Å²) in [6.45, 7) is 2.35. The zero-order chi connectivity index (χ0) is 14.6. The van der Waals surface area contributed by atoms with Crippen molar-refractivity contribution in [2.24, 2.45) is 0 Å². The molecule has 2 atom stereocenters. The molecule has 0 N–H and O–H groups in total. The number of hydrogen-bond donors (Lipinski definition) is 0. The lowest BCUT2D eigenvalue weighted by molar-refractivity contribution is 0.0978. The van der Waals surface area contributed by atoms with Gasteiger partial charge in [-0.3, -0.25) is 9.59 Å². The molecule has 1 fully saturated rings. The molecule has 1 saturated heterocycles. The Bertz CT molecular complexity index is 771. The maximum Gasteiger partial charge on any atom is 0.231 e. The van der Waals surface area contributed by atoms with Crippen LogP contribution in [-0.4, -0.2) is 6.79 Å². The third-order valence-electron chi connectivity index (χ3n) is 4.58. The molecule has 0 amide bonds. The highest BCUT2D eigenvalue weighted by atomic mass is 16.7. The summed E-state index contributed by atoms with van der Waals surface area (Å²) in [7, 11) is 0. The lowest BCUT2D eigenvalue weighted by Gasteiger charge is -2.31. The summed E-state index contributed by atoms with van der Waals surface area (Å²) in [4.78, 5) is 23.9. The Morgan fingerprint density at radius 3 is 2.67 bits per heavy atom. The molecule has 1 aliphatic heterocycles. The number of ether oxygens (including phenoxy) is 2. The standard InChI is InChI=1S/C17H16O4/c1-2-3-4-9-5-10-6-12-13(21-8-20-12)7-11(10)15-14(9)16(18)17(15)19/h5-7,9,11H,2-4,8H2,1H3. The van der Waals surface area contributed by atoms with E-state index >= 15 is 0 Å². The van der Waals surface area contributed by atoms with E-state index < -0.39 is 0 Å². The van der Waals surface area contributed by atoms with E-state index in [1.54, 1.807) is 0 Å². The van der Waals surface area contributed by atoms with Crippen LogP contribution >= 0.6 is 0 Å². The van der Waals surface area contributed by atoms with Gasteiger partial charge in [0.25, 0.3) is 0 Å². The monoisotopic (exact) mass is 284 g/mol. The second-order valence-corrected chi connectivity index (χ2v) is 5.82. The van der Waals surface area contributed by atoms with Crippen molar-refractivity contribution >= 4 is 0 Å². The van der Waals surface area contributed by atoms with E-state index in [1.165, 1.54) is 0 Å². The minimum atomic E-state index is -0.324. The van der Waals surface area contributed by atoms with E-state index in [-0.39, 0.29) is 29.5 Å². The second kappa shape index (κ2) is 4.45. The predicted molar refractivity (Wildman–Crippen MR) is 77.6 cm³/mol. The Labute approximate surface area is 122 Å². The van der Waals surface area contributed by atoms with Gasteiger partial charge in [0.05, 0.1) is 0 Å². The maximum absolute atomic E-state index is 12.0. The number of allylic oxidation sites excluding steroid dienone is 4. The molecule has 1 aromatic carbocycles. The molecule has 2 aliphatic carbocycles. The van der Waals surface area contributed by atoms with Gasteiger partial charge in [0, 0.05) is 23.0 Å². The molecule has 1 heterocycles. The molecular weight excluding hydrogens is 268 g/mol. The molecule has 3 aliphatic rings. The van der Waals surface area contributed by atoms with Crippen molar-refractivity contribution in [2.45, 2.75) is 38.0 Å². The second-order valence-electron chi connectivity index (χ2n) is 5.82. The molecule has 0 bridgehead atoms. The quantitative estimate of drug-likeness (QED) is 0.800. The Morgan fingerprint density at radius 1 is 1.10 bits per heavy atom. The average Bonchev–Trinajstić information content (AvgIpc) is 2.95. The van der Waals surface area contributed by atoms with Gasteiger partial charge in [-0.1, -0.05) is 25.8 Å². The molecule has 0 aromatic heterocycles. The van der Waals surface area contributed by atoms with Crippen LogP contribution < -0.4 is 10.9 Å². The van der Waals surface area contributed by atoms with E-state index in [4.69, 9.17) is 9.47 Å². The molecule has 0 spiro atoms. The van der Waals surface area contributed by atoms with Crippen molar-refractivity contribution in [3.8, 4) is 0 Å². The van der Waals surface area contributed by atoms with Crippen LogP contribution in [0.2, 0.25) is 0 Å². The zero-order valence-corrected chi connectivity index (χ0v) is 11.8. The fourth-order valence-electron chi connectivity index (χ4n) is 3.50. The van der Waals surface area contributed by atoms with Crippen LogP contribution in [0.15, 0.2) is 44.9 Å². The van der Waals surface area contributed by atoms with Crippen LogP contribution in [0.25, 0.3) is 0 Å². The molecule has 21 heavy (non-hydrogen) atoms. The van der Waals surface area contributed by atoms with Crippen molar-refractivity contribution in [3.63, 3.8) is 0 Å². The normalized spacial score (nSPS) is 25.9. The summed E-state index contributed by atoms with van der Waals surface area (Å²) < 4.78 is 10.8. The van der Waals surface area contributed by atoms with Gasteiger partial charge in [0.15, 0.2) is 11.5 Å². The maximum atomic E-state index is 12.0. The summed E-state index contributed by atoms with van der Waals surface area (Å²) in [5.74, 6) is 1.35. The summed E-state index contributed by atoms with van der Waals surface area (Å²) in [5.41, 5.74) is 1.85. The van der Waals surface area contributed by atoms with Gasteiger partial charge >= 0.3 is 0 Å². The molecule has 4 rings (SSSR count). The zero-order valence-electron chi connectivity index (χ0n) is 11.8. The smallest absolute Gasteiger partial charge is 0.231 e. The summed E-state index contributed by atoms with van der Waals surface area (Å²) in [6, 6.07) is 0. The number of hydrogen-bond acceptors (Lipinski definition) is 4. The van der Waals surface area contributed by atoms with Crippen LogP contribution in [0, 0.1) is 0 Å². The van der Waals surface area contributed by atoms with Crippen LogP contribution in [-0.2, 0) is 9.47 Å². The van der Waals surface area contributed by atoms with Crippen LogP contribution in [0.1, 0.15) is 49.1 Å². The molecule has 4 heteroatoms. The molecule has 108 valence electrons. The highest BCUT2D eigenvalue weighted by Crippen LogP contribution is 2.44. The third kappa shape index (κ3) is 1.68. The number of unbranched alkanes of at least 4 members (excludes halogenated alkanes) is 1. The predicted octanol–water partition coefficient (Wildman–Crippen LogP) is 2.37. The van der Waals surface area contributed by atoms with Crippen molar-refractivity contribution in [3.05, 3.63) is 66.9 Å². The van der Waals surface area contributed by atoms with Gasteiger partial charge in [0.1, 0.15) is 0 Å². The summed E-state index contributed by atoms with van der Waals surface area (Å²) >= 11 is 0. The SMILES string of the molecule is CCCCC1C=C2C=C3OCOC3=CC2c2c1c(=O)c2=O. The number of rotatable bonds is 3. The topological polar surface area (TPSA) is 52.6 Å². The van der Waals surface area contributed by atoms with E-state index in [0.717, 1.165) is 36.2 Å². The molecule has 1 aromatic rings. The molecule has 4 nitrogen and oxygen atoms in total. The fraction of sp³-hybridized carbons (Fsp3) is 0.412. The molecule has 0 saturated carbocycles. The van der Waals surface area contributed by atoms with Gasteiger partial charge in [0.2, 0.25) is 17.7 Å². The molecule has 2 unspecified atom stereocenters. The number of fused-ring (bicyclic) bond motifs is 4. The Morgan fingerprint density at radius 2 is 1.86 bits per heavy atom. The minimum Gasteiger partial charge on any atom is -0.454 e. The third-order valence-corrected chi connectivity index (χ3v) is 4.58. The van der Waals surface area contributed by atoms with Crippen LogP contribution in [0.5, 0.6) is 0 Å². The van der Waals surface area contributed by atoms with Crippen molar-refractivity contribution in [1.82, 2.24) is 0 Å². The van der Waals surface area contributed by atoms with Gasteiger partial charge in [-0.05, 0) is 24.1 Å². The summed E-state index contributed by atoms with van der Waals surface area (Å²) in [5, 5.41) is 0. The largest absolute Gasteiger partial charge is 0.454 e. The lowest BCUT2D eigenvalue weighted by Crippen LogP contribution is -2.44. The van der Waals surface area contributed by atoms with Gasteiger partial charge in [-0.15, -0.1) is 0 Å². The van der Waals surface area contributed by atoms with Crippen LogP contribution in [0.3, 0.4) is 0 Å². The first kappa shape index (κ1) is 12.6. The highest BCUT2D eigenvalue weighted by Gasteiger charge is 2.39. The molecule has 0 radical (unpaired) electrons. The Balaban J connectivity index is 1.81. The van der Waals surface area contributed by atoms with E-state index in [9.17, 15) is 9.59 Å². The van der Waals surface area contributed by atoms with Crippen molar-refractivity contribution in [1.29, 1.82) is 0 Å². The first-order chi connectivity index (χ1) is 10.2. The fourth-order valence-corrected chi connectivity index (χ4v) is 3.50. The van der Waals surface area contributed by atoms with Crippen molar-refractivity contribution in [2.75, 3.05) is 6.79 Å². The lowest BCUT2D eigenvalue weighted by atomic mass is 9.71. The average molecular weight is 284 g/mol. The first-order valence-electron chi connectivity index (χ1n) is 7.45. The minimum absolute atomic E-state index is 0.0746. The Kier molecular flexibility index (Phi) is 2.67. The van der Waals surface area contributed by atoms with E-state index in [1.807, 2.05) is 12.2 Å². The summed E-state index contributed by atoms with van der Waals surface area (Å²) in [6.07, 6.45) is 9.04.